The second kappa shape index (κ2) is 10.2. The van der Waals surface area contributed by atoms with E-state index in [0.717, 1.165) is 23.9 Å². The van der Waals surface area contributed by atoms with E-state index in [-0.39, 0.29) is 5.75 Å². The van der Waals surface area contributed by atoms with Crippen LogP contribution in [0, 0.1) is 0 Å². The lowest BCUT2D eigenvalue weighted by atomic mass is 9.96. The number of rotatable bonds is 9. The van der Waals surface area contributed by atoms with Gasteiger partial charge in [-0.15, -0.1) is 0 Å². The Kier molecular flexibility index (Phi) is 7.76. The van der Waals surface area contributed by atoms with Gasteiger partial charge in [0.25, 0.3) is 5.56 Å². The topological polar surface area (TPSA) is 178 Å². The Morgan fingerprint density at radius 2 is 2.00 bits per heavy atom. The van der Waals surface area contributed by atoms with Crippen molar-refractivity contribution in [1.29, 1.82) is 0 Å². The Morgan fingerprint density at radius 1 is 1.32 bits per heavy atom. The molecule has 1 aliphatic rings. The van der Waals surface area contributed by atoms with Gasteiger partial charge in [-0.2, -0.15) is 5.09 Å². The molecule has 1 fully saturated rings. The SMILES string of the molecule is COC(=O)C(C)NP(=O)(OCC1OC(n2ccc(=O)[nH]c2=O)C(C)(O)C1O)Oc1ccccc1. The number of aliphatic hydroxyl groups excluding tert-OH is 1. The molecule has 2 heterocycles. The number of esters is 1. The lowest BCUT2D eigenvalue weighted by molar-refractivity contribution is -0.142. The highest BCUT2D eigenvalue weighted by molar-refractivity contribution is 7.52. The molecule has 6 unspecified atom stereocenters. The van der Waals surface area contributed by atoms with Gasteiger partial charge in [0.15, 0.2) is 6.23 Å². The van der Waals surface area contributed by atoms with Gasteiger partial charge in [-0.25, -0.2) is 9.36 Å². The second-order valence-electron chi connectivity index (χ2n) is 7.79. The van der Waals surface area contributed by atoms with Crippen LogP contribution in [0.4, 0.5) is 0 Å². The summed E-state index contributed by atoms with van der Waals surface area (Å²) >= 11 is 0. The van der Waals surface area contributed by atoms with Crippen molar-refractivity contribution in [2.24, 2.45) is 0 Å². The first-order chi connectivity index (χ1) is 16.0. The number of hydrogen-bond acceptors (Lipinski definition) is 10. The van der Waals surface area contributed by atoms with Crippen molar-refractivity contribution in [3.05, 3.63) is 63.4 Å². The summed E-state index contributed by atoms with van der Waals surface area (Å²) in [6.07, 6.45) is -3.13. The summed E-state index contributed by atoms with van der Waals surface area (Å²) in [6, 6.07) is 8.00. The van der Waals surface area contributed by atoms with E-state index in [1.165, 1.54) is 26.0 Å². The number of methoxy groups -OCH3 is 1. The third-order valence-electron chi connectivity index (χ3n) is 5.14. The Morgan fingerprint density at radius 3 is 2.62 bits per heavy atom. The monoisotopic (exact) mass is 499 g/mol. The Hall–Kier alpha value is -2.80. The van der Waals surface area contributed by atoms with Crippen molar-refractivity contribution >= 4 is 13.7 Å². The Bertz CT molecular complexity index is 1160. The van der Waals surface area contributed by atoms with Crippen LogP contribution in [-0.2, 0) is 23.4 Å². The summed E-state index contributed by atoms with van der Waals surface area (Å²) < 4.78 is 35.5. The third kappa shape index (κ3) is 5.63. The molecule has 0 amide bonds. The first-order valence-electron chi connectivity index (χ1n) is 10.2. The number of para-hydroxylation sites is 1. The maximum absolute atomic E-state index is 13.4. The number of aliphatic hydroxyl groups is 2. The molecule has 1 aromatic heterocycles. The van der Waals surface area contributed by atoms with Crippen LogP contribution < -0.4 is 20.9 Å². The molecule has 6 atom stereocenters. The number of benzene rings is 1. The summed E-state index contributed by atoms with van der Waals surface area (Å²) in [7, 11) is -3.07. The average Bonchev–Trinajstić information content (AvgIpc) is 3.01. The van der Waals surface area contributed by atoms with E-state index in [1.807, 2.05) is 4.98 Å². The van der Waals surface area contributed by atoms with Gasteiger partial charge in [0.1, 0.15) is 29.6 Å². The number of ether oxygens (including phenoxy) is 2. The molecule has 0 radical (unpaired) electrons. The number of H-pyrrole nitrogens is 1. The van der Waals surface area contributed by atoms with Crippen molar-refractivity contribution in [2.45, 2.75) is 43.9 Å². The summed E-state index contributed by atoms with van der Waals surface area (Å²) in [4.78, 5) is 37.3. The van der Waals surface area contributed by atoms with E-state index in [9.17, 15) is 29.2 Å². The van der Waals surface area contributed by atoms with Crippen molar-refractivity contribution < 1.29 is 38.1 Å². The number of aromatic amines is 1. The predicted molar refractivity (Wildman–Crippen MR) is 117 cm³/mol. The molecule has 186 valence electrons. The third-order valence-corrected chi connectivity index (χ3v) is 6.79. The quantitative estimate of drug-likeness (QED) is 0.267. The summed E-state index contributed by atoms with van der Waals surface area (Å²) in [5.74, 6) is -0.550. The van der Waals surface area contributed by atoms with E-state index in [0.29, 0.717) is 0 Å². The minimum absolute atomic E-state index is 0.174. The van der Waals surface area contributed by atoms with E-state index in [2.05, 4.69) is 9.82 Å². The van der Waals surface area contributed by atoms with Gasteiger partial charge in [-0.1, -0.05) is 18.2 Å². The Labute approximate surface area is 193 Å². The first kappa shape index (κ1) is 25.8. The van der Waals surface area contributed by atoms with Gasteiger partial charge in [0.2, 0.25) is 0 Å². The molecule has 14 heteroatoms. The molecular weight excluding hydrogens is 473 g/mol. The maximum Gasteiger partial charge on any atom is 0.459 e. The number of carbonyl (C=O) groups excluding carboxylic acids is 1. The number of nitrogens with one attached hydrogen (secondary N) is 2. The molecule has 3 rings (SSSR count). The first-order valence-corrected chi connectivity index (χ1v) is 11.7. The zero-order chi connectivity index (χ0) is 25.1. The lowest BCUT2D eigenvalue weighted by Crippen LogP contribution is -2.47. The number of carbonyl (C=O) groups is 1. The number of hydrogen-bond donors (Lipinski definition) is 4. The number of aromatic nitrogens is 2. The van der Waals surface area contributed by atoms with Gasteiger partial charge in [0, 0.05) is 12.3 Å². The smallest absolute Gasteiger partial charge is 0.459 e. The van der Waals surface area contributed by atoms with Gasteiger partial charge < -0.3 is 24.2 Å². The van der Waals surface area contributed by atoms with Gasteiger partial charge in [-0.3, -0.25) is 23.7 Å². The van der Waals surface area contributed by atoms with E-state index < -0.39 is 61.7 Å². The van der Waals surface area contributed by atoms with E-state index >= 15 is 0 Å². The largest absolute Gasteiger partial charge is 0.468 e. The number of nitrogens with zero attached hydrogens (tertiary/aromatic N) is 1. The lowest BCUT2D eigenvalue weighted by Gasteiger charge is -2.27. The molecule has 1 aliphatic heterocycles. The zero-order valence-corrected chi connectivity index (χ0v) is 19.5. The fourth-order valence-electron chi connectivity index (χ4n) is 3.34. The molecule has 0 spiro atoms. The van der Waals surface area contributed by atoms with Crippen LogP contribution in [0.15, 0.2) is 52.2 Å². The van der Waals surface area contributed by atoms with Crippen molar-refractivity contribution in [3.63, 3.8) is 0 Å². The standard InChI is InChI=1S/C20H26N3O10P/c1-12(17(26)30-3)22-34(29,33-13-7-5-4-6-8-13)31-11-14-16(25)20(2,28)18(32-14)23-10-9-15(24)21-19(23)27/h4-10,12,14,16,18,25,28H,11H2,1-3H3,(H,22,29)(H,21,24,27). The van der Waals surface area contributed by atoms with Crippen LogP contribution >= 0.6 is 7.75 Å². The molecule has 0 bridgehead atoms. The zero-order valence-electron chi connectivity index (χ0n) is 18.6. The highest BCUT2D eigenvalue weighted by atomic mass is 31.2. The van der Waals surface area contributed by atoms with E-state index in [4.69, 9.17) is 13.8 Å². The molecule has 0 aliphatic carbocycles. The van der Waals surface area contributed by atoms with Gasteiger partial charge >= 0.3 is 19.4 Å². The van der Waals surface area contributed by atoms with E-state index in [1.54, 1.807) is 18.2 Å². The van der Waals surface area contributed by atoms with Crippen LogP contribution in [0.1, 0.15) is 20.1 Å². The summed E-state index contributed by atoms with van der Waals surface area (Å²) in [5, 5.41) is 23.9. The van der Waals surface area contributed by atoms with Crippen LogP contribution in [0.3, 0.4) is 0 Å². The summed E-state index contributed by atoms with van der Waals surface area (Å²) in [5.41, 5.74) is -3.49. The Balaban J connectivity index is 1.80. The predicted octanol–water partition coefficient (Wildman–Crippen LogP) is -0.0993. The van der Waals surface area contributed by atoms with Crippen molar-refractivity contribution in [3.8, 4) is 5.75 Å². The normalized spacial score (nSPS) is 27.0. The van der Waals surface area contributed by atoms with Crippen molar-refractivity contribution in [2.75, 3.05) is 13.7 Å². The summed E-state index contributed by atoms with van der Waals surface area (Å²) in [6.45, 7) is 2.06. The van der Waals surface area contributed by atoms with Crippen molar-refractivity contribution in [1.82, 2.24) is 14.6 Å². The molecule has 13 nitrogen and oxygen atoms in total. The molecule has 1 saturated heterocycles. The van der Waals surface area contributed by atoms with Gasteiger partial charge in [-0.05, 0) is 26.0 Å². The van der Waals surface area contributed by atoms with Crippen LogP contribution in [0.2, 0.25) is 0 Å². The van der Waals surface area contributed by atoms with Gasteiger partial charge in [0.05, 0.1) is 13.7 Å². The van der Waals surface area contributed by atoms with Crippen LogP contribution in [0.5, 0.6) is 5.75 Å². The highest BCUT2D eigenvalue weighted by Gasteiger charge is 2.54. The molecular formula is C20H26N3O10P. The van der Waals surface area contributed by atoms with Crippen LogP contribution in [0.25, 0.3) is 0 Å². The minimum atomic E-state index is -4.23. The molecule has 4 N–H and O–H groups in total. The average molecular weight is 499 g/mol. The minimum Gasteiger partial charge on any atom is -0.468 e. The highest BCUT2D eigenvalue weighted by Crippen LogP contribution is 2.46. The fraction of sp³-hybridized carbons (Fsp3) is 0.450. The molecule has 1 aromatic carbocycles. The fourth-order valence-corrected chi connectivity index (χ4v) is 4.84. The maximum atomic E-state index is 13.4. The molecule has 34 heavy (non-hydrogen) atoms. The molecule has 2 aromatic rings. The second-order valence-corrected chi connectivity index (χ2v) is 9.48. The van der Waals surface area contributed by atoms with Crippen LogP contribution in [-0.4, -0.2) is 63.3 Å². The molecule has 0 saturated carbocycles.